The zero-order chi connectivity index (χ0) is 42.8. The second-order valence-electron chi connectivity index (χ2n) is 11.4. The van der Waals surface area contributed by atoms with Gasteiger partial charge < -0.3 is 4.42 Å². The Bertz CT molecular complexity index is 3550. The van der Waals surface area contributed by atoms with E-state index in [4.69, 9.17) is 28.1 Å². The maximum Gasteiger partial charge on any atom is 0.167 e. The third kappa shape index (κ3) is 4.42. The average Bonchev–Trinajstić information content (AvgIpc) is 3.64. The van der Waals surface area contributed by atoms with E-state index in [0.29, 0.717) is 54.8 Å². The van der Waals surface area contributed by atoms with Crippen LogP contribution in [0.5, 0.6) is 0 Å². The first-order valence-electron chi connectivity index (χ1n) is 21.5. The van der Waals surface area contributed by atoms with Gasteiger partial charge in [0.2, 0.25) is 0 Å². The molecule has 49 heavy (non-hydrogen) atoms. The number of benzene rings is 8. The summed E-state index contributed by atoms with van der Waals surface area (Å²) >= 11 is 0. The van der Waals surface area contributed by atoms with Crippen LogP contribution in [0.1, 0.15) is 16.4 Å². The van der Waals surface area contributed by atoms with E-state index in [-0.39, 0.29) is 87.1 Å². The summed E-state index contributed by atoms with van der Waals surface area (Å²) in [7, 11) is 0. The van der Waals surface area contributed by atoms with Crippen LogP contribution in [-0.2, 0) is 0 Å². The molecular weight excluding hydrogens is 599 g/mol. The molecule has 4 nitrogen and oxygen atoms in total. The lowest BCUT2D eigenvalue weighted by molar-refractivity contribution is 0.669. The van der Waals surface area contributed by atoms with Crippen molar-refractivity contribution in [1.82, 2.24) is 15.0 Å². The number of fused-ring (bicyclic) bond motifs is 9. The summed E-state index contributed by atoms with van der Waals surface area (Å²) in [5, 5.41) is 3.09. The molecule has 0 fully saturated rings. The van der Waals surface area contributed by atoms with Crippen LogP contribution < -0.4 is 0 Å². The van der Waals surface area contributed by atoms with Gasteiger partial charge in [-0.25, -0.2) is 15.0 Å². The molecule has 10 rings (SSSR count). The zero-order valence-corrected chi connectivity index (χ0v) is 25.4. The Morgan fingerprint density at radius 3 is 1.98 bits per heavy atom. The molecule has 0 saturated carbocycles. The van der Waals surface area contributed by atoms with E-state index in [0.717, 1.165) is 0 Å². The predicted molar refractivity (Wildman–Crippen MR) is 201 cm³/mol. The largest absolute Gasteiger partial charge is 0.455 e. The van der Waals surface area contributed by atoms with Crippen LogP contribution >= 0.6 is 0 Å². The van der Waals surface area contributed by atoms with Crippen LogP contribution in [0.15, 0.2) is 168 Å². The molecule has 228 valence electrons. The molecule has 0 aliphatic heterocycles. The Hall–Kier alpha value is -6.65. The normalized spacial score (nSPS) is 15.1. The summed E-state index contributed by atoms with van der Waals surface area (Å²) in [6, 6.07) is 22.0. The van der Waals surface area contributed by atoms with Crippen molar-refractivity contribution < 1.29 is 20.9 Å². The van der Waals surface area contributed by atoms with Crippen molar-refractivity contribution in [2.24, 2.45) is 0 Å². The second kappa shape index (κ2) is 11.0. The number of para-hydroxylation sites is 1. The quantitative estimate of drug-likeness (QED) is 0.180. The monoisotopic (exact) mass is 637 g/mol. The molecule has 2 heterocycles. The molecule has 10 aromatic rings. The van der Waals surface area contributed by atoms with Gasteiger partial charge >= 0.3 is 0 Å². The molecule has 0 aliphatic rings. The number of nitrogens with zero attached hydrogens (tertiary/aromatic N) is 3. The fourth-order valence-electron chi connectivity index (χ4n) is 6.48. The van der Waals surface area contributed by atoms with Crippen LogP contribution in [0.3, 0.4) is 0 Å². The highest BCUT2D eigenvalue weighted by molar-refractivity contribution is 6.26. The molecular formula is C45H27N3O. The Morgan fingerprint density at radius 1 is 0.408 bits per heavy atom. The van der Waals surface area contributed by atoms with E-state index in [1.807, 2.05) is 12.1 Å². The third-order valence-electron chi connectivity index (χ3n) is 8.66. The van der Waals surface area contributed by atoms with Crippen molar-refractivity contribution in [3.05, 3.63) is 164 Å². The average molecular weight is 638 g/mol. The van der Waals surface area contributed by atoms with Gasteiger partial charge in [-0.3, -0.25) is 0 Å². The fourth-order valence-corrected chi connectivity index (χ4v) is 6.48. The van der Waals surface area contributed by atoms with Crippen LogP contribution in [0.2, 0.25) is 0 Å². The van der Waals surface area contributed by atoms with E-state index >= 15 is 0 Å². The van der Waals surface area contributed by atoms with E-state index in [2.05, 4.69) is 4.98 Å². The van der Waals surface area contributed by atoms with Crippen LogP contribution in [0, 0.1) is 0 Å². The first-order valence-corrected chi connectivity index (χ1v) is 15.5. The van der Waals surface area contributed by atoms with Crippen molar-refractivity contribution in [3.8, 4) is 45.3 Å². The van der Waals surface area contributed by atoms with E-state index in [1.54, 1.807) is 60.7 Å². The summed E-state index contributed by atoms with van der Waals surface area (Å²) < 4.78 is 111. The number of furan rings is 1. The second-order valence-corrected chi connectivity index (χ2v) is 11.4. The van der Waals surface area contributed by atoms with Crippen molar-refractivity contribution in [2.75, 3.05) is 0 Å². The van der Waals surface area contributed by atoms with E-state index in [9.17, 15) is 2.74 Å². The van der Waals surface area contributed by atoms with Crippen molar-refractivity contribution >= 4 is 54.3 Å². The molecule has 8 aromatic carbocycles. The molecule has 4 heteroatoms. The van der Waals surface area contributed by atoms with Crippen LogP contribution in [0.25, 0.3) is 99.5 Å². The summed E-state index contributed by atoms with van der Waals surface area (Å²) in [4.78, 5) is 14.1. The minimum absolute atomic E-state index is 0.0272. The van der Waals surface area contributed by atoms with Crippen LogP contribution in [-0.4, -0.2) is 15.0 Å². The molecule has 0 spiro atoms. The smallest absolute Gasteiger partial charge is 0.167 e. The van der Waals surface area contributed by atoms with Gasteiger partial charge in [-0.1, -0.05) is 145 Å². The van der Waals surface area contributed by atoms with Gasteiger partial charge in [0.15, 0.2) is 17.5 Å². The SMILES string of the molecule is [2H]c1cc2c(cc1[2H])c1c([2H])c([2H])cc([2H])c1c1c([2H])c(-c3cccc4oc5c(-c6nc(-c7ccccc7)nc(-c7c([2H])c([2H])c([2H])c([2H])c7[2H])n6)cccc5c34)c([2H])cc21. The van der Waals surface area contributed by atoms with Gasteiger partial charge in [0.1, 0.15) is 11.2 Å². The van der Waals surface area contributed by atoms with E-state index in [1.165, 1.54) is 18.2 Å². The Kier molecular flexibility index (Phi) is 4.04. The van der Waals surface area contributed by atoms with Gasteiger partial charge in [-0.05, 0) is 61.6 Å². The maximum atomic E-state index is 9.77. The number of hydrogen-bond acceptors (Lipinski definition) is 4. The standard InChI is InChI=1S/C45H27N3O/c1-3-13-28(14-4-1)43-46-44(29-15-5-2-6-16-29)48-45(47-43)38-23-11-22-37-41-31(21-12-24-40(41)49-42(37)38)30-25-26-36-34-19-8-7-17-32(34)33-18-9-10-20-35(33)39(36)27-30/h1-27H/i1D,3D,4D,7D,8D,9D,13D,14D,18D,20D,25D,27D. The molecule has 2 aromatic heterocycles. The fraction of sp³-hybridized carbons (Fsp3) is 0. The number of aromatic nitrogens is 3. The number of hydrogen-bond donors (Lipinski definition) is 0. The summed E-state index contributed by atoms with van der Waals surface area (Å²) in [6.07, 6.45) is 0. The highest BCUT2D eigenvalue weighted by Crippen LogP contribution is 2.42. The van der Waals surface area contributed by atoms with Gasteiger partial charge in [-0.15, -0.1) is 0 Å². The topological polar surface area (TPSA) is 51.8 Å². The molecule has 0 bridgehead atoms. The number of rotatable bonds is 4. The highest BCUT2D eigenvalue weighted by atomic mass is 16.3. The highest BCUT2D eigenvalue weighted by Gasteiger charge is 2.20. The van der Waals surface area contributed by atoms with Crippen molar-refractivity contribution in [3.63, 3.8) is 0 Å². The van der Waals surface area contributed by atoms with Gasteiger partial charge in [0, 0.05) is 21.9 Å². The Morgan fingerprint density at radius 2 is 1.12 bits per heavy atom. The lowest BCUT2D eigenvalue weighted by atomic mass is 9.91. The third-order valence-corrected chi connectivity index (χ3v) is 8.66. The van der Waals surface area contributed by atoms with Gasteiger partial charge in [0.25, 0.3) is 0 Å². The Balaban J connectivity index is 1.26. The molecule has 0 aliphatic carbocycles. The lowest BCUT2D eigenvalue weighted by Gasteiger charge is -2.12. The minimum atomic E-state index is -0.549. The van der Waals surface area contributed by atoms with Crippen molar-refractivity contribution in [1.29, 1.82) is 0 Å². The van der Waals surface area contributed by atoms with E-state index < -0.39 is 30.2 Å². The molecule has 0 N–H and O–H groups in total. The minimum Gasteiger partial charge on any atom is -0.455 e. The zero-order valence-electron chi connectivity index (χ0n) is 37.4. The predicted octanol–water partition coefficient (Wildman–Crippen LogP) is 11.9. The van der Waals surface area contributed by atoms with Crippen LogP contribution in [0.4, 0.5) is 0 Å². The first-order chi connectivity index (χ1) is 29.2. The summed E-state index contributed by atoms with van der Waals surface area (Å²) in [5.41, 5.74) is 2.21. The summed E-state index contributed by atoms with van der Waals surface area (Å²) in [5.74, 6) is 0.149. The molecule has 0 amide bonds. The molecule has 0 atom stereocenters. The lowest BCUT2D eigenvalue weighted by Crippen LogP contribution is -2.00. The first kappa shape index (κ1) is 18.0. The maximum absolute atomic E-state index is 9.77. The molecule has 0 unspecified atom stereocenters. The Labute approximate surface area is 298 Å². The van der Waals surface area contributed by atoms with Gasteiger partial charge in [-0.2, -0.15) is 0 Å². The van der Waals surface area contributed by atoms with Gasteiger partial charge in [0.05, 0.1) is 22.0 Å². The molecule has 0 saturated heterocycles. The van der Waals surface area contributed by atoms with Crippen molar-refractivity contribution in [2.45, 2.75) is 0 Å². The summed E-state index contributed by atoms with van der Waals surface area (Å²) in [6.45, 7) is 0. The molecule has 0 radical (unpaired) electrons.